The molecule has 0 amide bonds. The monoisotopic (exact) mass is 702 g/mol. The zero-order valence-electron chi connectivity index (χ0n) is 25.7. The zero-order valence-corrected chi connectivity index (χ0v) is 29.3. The fraction of sp³-hybridized carbons (Fsp3) is 0.200. The van der Waals surface area contributed by atoms with Crippen molar-refractivity contribution in [2.75, 3.05) is 0 Å². The first-order chi connectivity index (χ1) is 18.3. The Hall–Kier alpha value is -3.03. The van der Waals surface area contributed by atoms with Gasteiger partial charge in [-0.15, -0.1) is 69.1 Å². The van der Waals surface area contributed by atoms with Gasteiger partial charge in [0.1, 0.15) is 0 Å². The van der Waals surface area contributed by atoms with Crippen LogP contribution >= 0.6 is 0 Å². The molecule has 6 rings (SSSR count). The molecule has 1 heteroatoms. The number of aryl methyl sites for hydroxylation is 2. The van der Waals surface area contributed by atoms with E-state index >= 15 is 0 Å². The molecule has 0 unspecified atom stereocenters. The predicted molar refractivity (Wildman–Crippen MR) is 178 cm³/mol. The number of benzene rings is 4. The number of hydrogen-bond donors (Lipinski definition) is 0. The van der Waals surface area contributed by atoms with Crippen LogP contribution < -0.4 is 0 Å². The molecule has 0 heterocycles. The van der Waals surface area contributed by atoms with Gasteiger partial charge < -0.3 is 14.9 Å². The molecular weight excluding hydrogens is 659 g/mol. The van der Waals surface area contributed by atoms with Gasteiger partial charge in [0.25, 0.3) is 0 Å². The van der Waals surface area contributed by atoms with Crippen molar-refractivity contribution in [3.63, 3.8) is 0 Å². The second kappa shape index (κ2) is 12.9. The van der Waals surface area contributed by atoms with Crippen molar-refractivity contribution >= 4 is 21.5 Å². The summed E-state index contributed by atoms with van der Waals surface area (Å²) in [4.78, 5) is 0. The molecule has 0 fully saturated rings. The first-order valence-corrected chi connectivity index (χ1v) is 13.9. The van der Waals surface area contributed by atoms with E-state index in [1.54, 1.807) is 0 Å². The minimum absolute atomic E-state index is 0. The van der Waals surface area contributed by atoms with E-state index in [1.807, 2.05) is 0 Å². The number of rotatable bonds is 6. The summed E-state index contributed by atoms with van der Waals surface area (Å²) in [5.74, 6) is 0.572. The maximum atomic E-state index is 2.47. The summed E-state index contributed by atoms with van der Waals surface area (Å²) in [5, 5.41) is 5.35. The summed E-state index contributed by atoms with van der Waals surface area (Å²) < 4.78 is 0. The molecule has 0 nitrogen and oxygen atoms in total. The van der Waals surface area contributed by atoms with Crippen molar-refractivity contribution < 1.29 is 25.8 Å². The first kappa shape index (κ1) is 32.5. The van der Waals surface area contributed by atoms with E-state index in [0.29, 0.717) is 5.92 Å². The summed E-state index contributed by atoms with van der Waals surface area (Å²) in [7, 11) is 0. The van der Waals surface area contributed by atoms with E-state index in [4.69, 9.17) is 0 Å². The molecule has 0 aliphatic carbocycles. The summed E-state index contributed by atoms with van der Waals surface area (Å²) in [5.41, 5.74) is 10.7. The number of hydrogen-bond acceptors (Lipinski definition) is 0. The zero-order chi connectivity index (χ0) is 26.4. The van der Waals surface area contributed by atoms with Gasteiger partial charge in [0, 0.05) is 0 Å². The average molecular weight is 701 g/mol. The van der Waals surface area contributed by atoms with Crippen molar-refractivity contribution in [2.45, 2.75) is 46.5 Å². The van der Waals surface area contributed by atoms with Crippen molar-refractivity contribution in [1.29, 1.82) is 0 Å². The minimum Gasteiger partial charge on any atom is -0.358 e. The predicted octanol–water partition coefficient (Wildman–Crippen LogP) is 11.6. The van der Waals surface area contributed by atoms with Gasteiger partial charge in [0.05, 0.1) is 0 Å². The molecule has 0 atom stereocenters. The third-order valence-corrected chi connectivity index (χ3v) is 8.46. The molecule has 206 valence electrons. The van der Waals surface area contributed by atoms with Gasteiger partial charge in [-0.1, -0.05) is 92.6 Å². The van der Waals surface area contributed by atoms with Gasteiger partial charge in [-0.2, -0.15) is 12.1 Å². The molecule has 0 aliphatic heterocycles. The fourth-order valence-corrected chi connectivity index (χ4v) is 6.55. The van der Waals surface area contributed by atoms with Gasteiger partial charge in [0.2, 0.25) is 0 Å². The van der Waals surface area contributed by atoms with E-state index in [1.165, 1.54) is 66.1 Å². The van der Waals surface area contributed by atoms with Crippen LogP contribution in [0.1, 0.15) is 49.4 Å². The first-order valence-electron chi connectivity index (χ1n) is 13.9. The topological polar surface area (TPSA) is 0 Å². The molecular formula is C40H42Hf. The standard InChI is InChI=1S/C38H36.2CH3.Hf/c1-25(2)24-38(5,30-20-28-14-10-18-34(36(28)22-30)32-16-8-6-12-26(32)3)31-21-29-15-11-19-35(37(29)23-31)33-17-9-7-13-27(33)4;;;/h6-23,25H,24H2,1-5H3;2*1H3;/q-2;2*-1;+4. The Morgan fingerprint density at radius 2 is 0.976 bits per heavy atom. The summed E-state index contributed by atoms with van der Waals surface area (Å²) >= 11 is 0. The molecule has 0 aliphatic rings. The molecule has 0 saturated heterocycles. The van der Waals surface area contributed by atoms with Crippen LogP contribution in [-0.2, 0) is 31.3 Å². The molecule has 0 spiro atoms. The largest absolute Gasteiger partial charge is 4.00 e. The second-order valence-electron chi connectivity index (χ2n) is 11.7. The average Bonchev–Trinajstić information content (AvgIpc) is 3.54. The van der Waals surface area contributed by atoms with Crippen LogP contribution in [0.3, 0.4) is 0 Å². The Balaban J connectivity index is 0.00000154. The smallest absolute Gasteiger partial charge is 0.358 e. The third-order valence-electron chi connectivity index (χ3n) is 8.46. The van der Waals surface area contributed by atoms with Crippen LogP contribution in [0.4, 0.5) is 0 Å². The van der Waals surface area contributed by atoms with Crippen LogP contribution in [0.5, 0.6) is 0 Å². The molecule has 0 radical (unpaired) electrons. The summed E-state index contributed by atoms with van der Waals surface area (Å²) in [6, 6.07) is 40.8. The van der Waals surface area contributed by atoms with Crippen LogP contribution in [-0.4, -0.2) is 0 Å². The second-order valence-corrected chi connectivity index (χ2v) is 11.7. The Morgan fingerprint density at radius 3 is 1.37 bits per heavy atom. The summed E-state index contributed by atoms with van der Waals surface area (Å²) in [6.45, 7) is 11.6. The molecule has 0 bridgehead atoms. The van der Waals surface area contributed by atoms with Crippen molar-refractivity contribution in [1.82, 2.24) is 0 Å². The van der Waals surface area contributed by atoms with E-state index in [9.17, 15) is 0 Å². The number of fused-ring (bicyclic) bond motifs is 2. The van der Waals surface area contributed by atoms with E-state index < -0.39 is 0 Å². The van der Waals surface area contributed by atoms with E-state index in [-0.39, 0.29) is 46.1 Å². The van der Waals surface area contributed by atoms with E-state index in [2.05, 4.69) is 144 Å². The molecule has 0 N–H and O–H groups in total. The van der Waals surface area contributed by atoms with Gasteiger partial charge in [-0.25, -0.2) is 0 Å². The maximum absolute atomic E-state index is 2.47. The Morgan fingerprint density at radius 1 is 0.585 bits per heavy atom. The molecule has 0 saturated carbocycles. The maximum Gasteiger partial charge on any atom is 4.00 e. The Labute approximate surface area is 267 Å². The minimum atomic E-state index is -0.0851. The quantitative estimate of drug-likeness (QED) is 0.120. The molecule has 41 heavy (non-hydrogen) atoms. The van der Waals surface area contributed by atoms with Gasteiger partial charge >= 0.3 is 25.8 Å². The van der Waals surface area contributed by atoms with Crippen LogP contribution in [0, 0.1) is 34.6 Å². The van der Waals surface area contributed by atoms with Gasteiger partial charge in [0.15, 0.2) is 0 Å². The molecule has 0 aromatic heterocycles. The van der Waals surface area contributed by atoms with Gasteiger partial charge in [-0.05, 0) is 53.9 Å². The van der Waals surface area contributed by atoms with Crippen molar-refractivity contribution in [2.24, 2.45) is 5.92 Å². The Kier molecular flexibility index (Phi) is 10.2. The SMILES string of the molecule is Cc1ccccc1-c1cccc2[cH-]c(C(C)(CC(C)C)c3cc4c(-c5ccccc5C)cccc4[cH-]3)cc12.[CH3-].[CH3-].[Hf+4]. The normalized spacial score (nSPS) is 11.3. The van der Waals surface area contributed by atoms with Crippen LogP contribution in [0.25, 0.3) is 43.8 Å². The van der Waals surface area contributed by atoms with Crippen LogP contribution in [0.2, 0.25) is 0 Å². The van der Waals surface area contributed by atoms with Crippen molar-refractivity contribution in [3.8, 4) is 22.3 Å². The summed E-state index contributed by atoms with van der Waals surface area (Å²) in [6.07, 6.45) is 1.10. The van der Waals surface area contributed by atoms with E-state index in [0.717, 1.165) is 6.42 Å². The molecule has 6 aromatic carbocycles. The van der Waals surface area contributed by atoms with Gasteiger partial charge in [-0.3, -0.25) is 0 Å². The van der Waals surface area contributed by atoms with Crippen molar-refractivity contribution in [3.05, 3.63) is 146 Å². The fourth-order valence-electron chi connectivity index (χ4n) is 6.55. The molecule has 6 aromatic rings. The van der Waals surface area contributed by atoms with Crippen LogP contribution in [0.15, 0.2) is 109 Å². The third kappa shape index (κ3) is 5.84. The Bertz CT molecular complexity index is 1630.